The number of hydrogen-bond acceptors (Lipinski definition) is 1. The minimum absolute atomic E-state index is 0.239. The third-order valence-corrected chi connectivity index (χ3v) is 15.7. The molecule has 0 N–H and O–H groups in total. The fraction of sp³-hybridized carbons (Fsp3) is 0.169. The van der Waals surface area contributed by atoms with Crippen molar-refractivity contribution in [2.45, 2.75) is 51.4 Å². The third kappa shape index (κ3) is 6.76. The van der Waals surface area contributed by atoms with E-state index in [2.05, 4.69) is 236 Å². The molecule has 2 nitrogen and oxygen atoms in total. The van der Waals surface area contributed by atoms with Crippen LogP contribution in [0.2, 0.25) is 0 Å². The van der Waals surface area contributed by atoms with Crippen LogP contribution < -0.4 is 4.90 Å². The van der Waals surface area contributed by atoms with Crippen LogP contribution in [0.1, 0.15) is 51.5 Å². The van der Waals surface area contributed by atoms with Crippen LogP contribution in [-0.2, 0) is 5.41 Å². The first-order chi connectivity index (χ1) is 33.0. The summed E-state index contributed by atoms with van der Waals surface area (Å²) in [6, 6.07) is 79.4. The lowest BCUT2D eigenvalue weighted by molar-refractivity contribution is 0.0780. The molecule has 0 aliphatic heterocycles. The minimum atomic E-state index is 0.239. The van der Waals surface area contributed by atoms with Gasteiger partial charge in [0.2, 0.25) is 0 Å². The maximum atomic E-state index is 2.55. The summed E-state index contributed by atoms with van der Waals surface area (Å²) in [4.78, 5) is 2.51. The number of para-hydroxylation sites is 2. The Morgan fingerprint density at radius 1 is 0.373 bits per heavy atom. The van der Waals surface area contributed by atoms with Gasteiger partial charge in [-0.15, -0.1) is 0 Å². The molecule has 0 saturated heterocycles. The highest BCUT2D eigenvalue weighted by Crippen LogP contribution is 2.55. The van der Waals surface area contributed by atoms with Crippen molar-refractivity contribution in [3.63, 3.8) is 0 Å². The van der Waals surface area contributed by atoms with Gasteiger partial charge in [0, 0.05) is 33.5 Å². The largest absolute Gasteiger partial charge is 0.310 e. The summed E-state index contributed by atoms with van der Waals surface area (Å²) in [7, 11) is 0. The number of anilines is 3. The molecule has 0 radical (unpaired) electrons. The predicted octanol–water partition coefficient (Wildman–Crippen LogP) is 18.2. The van der Waals surface area contributed by atoms with Crippen molar-refractivity contribution in [2.75, 3.05) is 4.90 Å². The Morgan fingerprint density at radius 2 is 0.851 bits per heavy atom. The zero-order chi connectivity index (χ0) is 44.6. The molecule has 2 aliphatic rings. The van der Waals surface area contributed by atoms with Gasteiger partial charge in [-0.05, 0) is 176 Å². The van der Waals surface area contributed by atoms with E-state index in [0.29, 0.717) is 0 Å². The first-order valence-corrected chi connectivity index (χ1v) is 24.5. The number of rotatable bonds is 7. The van der Waals surface area contributed by atoms with Crippen LogP contribution in [0.15, 0.2) is 212 Å². The van der Waals surface area contributed by atoms with Crippen molar-refractivity contribution in [2.24, 2.45) is 17.8 Å². The average Bonchev–Trinajstić information content (AvgIpc) is 3.71. The van der Waals surface area contributed by atoms with Crippen LogP contribution in [0, 0.1) is 17.8 Å². The molecule has 2 fully saturated rings. The molecular weight excluding hydrogens is 809 g/mol. The summed E-state index contributed by atoms with van der Waals surface area (Å²) in [5, 5.41) is 10.3. The first-order valence-electron chi connectivity index (χ1n) is 24.5. The fourth-order valence-corrected chi connectivity index (χ4v) is 13.2. The normalized spacial score (nSPS) is 19.4. The average molecular weight is 863 g/mol. The number of fused-ring (bicyclic) bond motifs is 11. The third-order valence-electron chi connectivity index (χ3n) is 15.7. The number of benzene rings is 10. The van der Waals surface area contributed by atoms with Gasteiger partial charge in [-0.3, -0.25) is 0 Å². The second-order valence-corrected chi connectivity index (χ2v) is 20.2. The van der Waals surface area contributed by atoms with Gasteiger partial charge < -0.3 is 9.47 Å². The summed E-state index contributed by atoms with van der Waals surface area (Å²) < 4.78 is 2.40. The molecule has 0 unspecified atom stereocenters. The molecular formula is C65H54N2. The number of nitrogens with zero attached hydrogens (tertiary/aromatic N) is 2. The summed E-state index contributed by atoms with van der Waals surface area (Å²) in [5.74, 6) is 2.34. The molecule has 0 amide bonds. The Balaban J connectivity index is 0.882. The molecule has 2 bridgehead atoms. The van der Waals surface area contributed by atoms with Crippen molar-refractivity contribution in [3.05, 3.63) is 218 Å². The van der Waals surface area contributed by atoms with Gasteiger partial charge in [0.25, 0.3) is 0 Å². The standard InChI is InChI=1S/C65H54N2/c1-43-35-45-36-44(2)41-65(40-43,42-45)50-14-12-16-53(38-50)66(54-33-34-59-57-19-4-3-17-55(57)56-18-5-6-20-58(56)62(59)39-54)51-31-29-47(30-32-51)46-25-27-48(28-26-46)49-13-11-15-52(37-49)67-63-23-9-7-21-60(63)61-22-8-10-24-64(61)67/h3-34,37-39,43-45H,35-36,40-42H2,1-2H3/t43-,44-,45?,65?/m0/s1. The summed E-state index contributed by atoms with van der Waals surface area (Å²) in [6.45, 7) is 4.99. The smallest absolute Gasteiger partial charge is 0.0541 e. The lowest BCUT2D eigenvalue weighted by Crippen LogP contribution is -2.42. The van der Waals surface area contributed by atoms with Gasteiger partial charge in [-0.1, -0.05) is 166 Å². The van der Waals surface area contributed by atoms with Gasteiger partial charge in [-0.25, -0.2) is 0 Å². The molecule has 0 spiro atoms. The zero-order valence-corrected chi connectivity index (χ0v) is 38.4. The molecule has 2 aliphatic carbocycles. The van der Waals surface area contributed by atoms with Crippen molar-refractivity contribution >= 4 is 71.2 Å². The molecule has 10 aromatic carbocycles. The Kier molecular flexibility index (Phi) is 9.46. The summed E-state index contributed by atoms with van der Waals surface area (Å²) >= 11 is 0. The van der Waals surface area contributed by atoms with Crippen LogP contribution in [0.4, 0.5) is 17.1 Å². The predicted molar refractivity (Wildman–Crippen MR) is 285 cm³/mol. The van der Waals surface area contributed by atoms with E-state index < -0.39 is 0 Å². The number of hydrogen-bond donors (Lipinski definition) is 0. The van der Waals surface area contributed by atoms with Crippen LogP contribution >= 0.6 is 0 Å². The molecule has 324 valence electrons. The van der Waals surface area contributed by atoms with Crippen LogP contribution in [0.5, 0.6) is 0 Å². The van der Waals surface area contributed by atoms with Crippen LogP contribution in [0.3, 0.4) is 0 Å². The summed E-state index contributed by atoms with van der Waals surface area (Å²) in [6.07, 6.45) is 6.65. The molecule has 2 atom stereocenters. The first kappa shape index (κ1) is 39.9. The highest BCUT2D eigenvalue weighted by molar-refractivity contribution is 6.25. The zero-order valence-electron chi connectivity index (χ0n) is 38.4. The molecule has 1 heterocycles. The van der Waals surface area contributed by atoms with E-state index >= 15 is 0 Å². The quantitative estimate of drug-likeness (QED) is 0.145. The van der Waals surface area contributed by atoms with Gasteiger partial charge in [-0.2, -0.15) is 0 Å². The van der Waals surface area contributed by atoms with Crippen molar-refractivity contribution in [3.8, 4) is 27.9 Å². The van der Waals surface area contributed by atoms with Gasteiger partial charge >= 0.3 is 0 Å². The van der Waals surface area contributed by atoms with Gasteiger partial charge in [0.05, 0.1) is 11.0 Å². The Labute approximate surface area is 393 Å². The molecule has 2 saturated carbocycles. The van der Waals surface area contributed by atoms with E-state index in [1.165, 1.54) is 131 Å². The number of aromatic nitrogens is 1. The van der Waals surface area contributed by atoms with Crippen molar-refractivity contribution < 1.29 is 0 Å². The lowest BCUT2D eigenvalue weighted by atomic mass is 9.54. The molecule has 1 aromatic heterocycles. The van der Waals surface area contributed by atoms with E-state index in [9.17, 15) is 0 Å². The van der Waals surface area contributed by atoms with E-state index in [0.717, 1.165) is 23.4 Å². The molecule has 67 heavy (non-hydrogen) atoms. The van der Waals surface area contributed by atoms with E-state index in [1.54, 1.807) is 0 Å². The second-order valence-electron chi connectivity index (χ2n) is 20.2. The minimum Gasteiger partial charge on any atom is -0.310 e. The highest BCUT2D eigenvalue weighted by Gasteiger charge is 2.45. The van der Waals surface area contributed by atoms with Gasteiger partial charge in [0.1, 0.15) is 0 Å². The fourth-order valence-electron chi connectivity index (χ4n) is 13.2. The van der Waals surface area contributed by atoms with Crippen molar-refractivity contribution in [1.29, 1.82) is 0 Å². The monoisotopic (exact) mass is 862 g/mol. The Bertz CT molecular complexity index is 3560. The molecule has 13 rings (SSSR count). The molecule has 11 aromatic rings. The Hall–Kier alpha value is -7.42. The second kappa shape index (κ2) is 15.9. The van der Waals surface area contributed by atoms with E-state index in [-0.39, 0.29) is 5.41 Å². The summed E-state index contributed by atoms with van der Waals surface area (Å²) in [5.41, 5.74) is 13.8. The van der Waals surface area contributed by atoms with Gasteiger partial charge in [0.15, 0.2) is 0 Å². The topological polar surface area (TPSA) is 8.17 Å². The maximum Gasteiger partial charge on any atom is 0.0541 e. The Morgan fingerprint density at radius 3 is 1.46 bits per heavy atom. The van der Waals surface area contributed by atoms with Crippen molar-refractivity contribution in [1.82, 2.24) is 4.57 Å². The van der Waals surface area contributed by atoms with Crippen LogP contribution in [-0.4, -0.2) is 4.57 Å². The maximum absolute atomic E-state index is 2.55. The molecule has 2 heteroatoms. The lowest BCUT2D eigenvalue weighted by Gasteiger charge is -2.50. The SMILES string of the molecule is C[C@H]1CC2C[C@H](C)CC(c3cccc(N(c4ccc(-c5ccc(-c6cccc(-n7c8ccccc8c8ccccc87)c6)cc5)cc4)c4ccc5c6ccccc6c6ccccc6c5c4)c3)(C2)C1. The van der Waals surface area contributed by atoms with E-state index in [4.69, 9.17) is 0 Å². The van der Waals surface area contributed by atoms with E-state index in [1.807, 2.05) is 0 Å². The van der Waals surface area contributed by atoms with Crippen LogP contribution in [0.25, 0.3) is 82.1 Å². The highest BCUT2D eigenvalue weighted by atomic mass is 15.1.